The number of carbonyl (C=O) groups is 1. The minimum atomic E-state index is -0.134. The van der Waals surface area contributed by atoms with Crippen molar-refractivity contribution in [3.8, 4) is 5.75 Å². The lowest BCUT2D eigenvalue weighted by molar-refractivity contribution is 0.0978. The van der Waals surface area contributed by atoms with E-state index in [1.54, 1.807) is 21.8 Å². The van der Waals surface area contributed by atoms with Gasteiger partial charge in [-0.3, -0.25) is 14.4 Å². The number of likely N-dealkylation sites (N-methyl/N-ethyl adjacent to an activating group) is 1. The molecule has 2 heterocycles. The second-order valence-electron chi connectivity index (χ2n) is 6.39. The first-order chi connectivity index (χ1) is 13.6. The van der Waals surface area contributed by atoms with E-state index in [0.717, 1.165) is 35.6 Å². The molecular formula is C20H27N5O2S. The summed E-state index contributed by atoms with van der Waals surface area (Å²) >= 11 is 1.50. The summed E-state index contributed by atoms with van der Waals surface area (Å²) in [5.74, 6) is 0.612. The van der Waals surface area contributed by atoms with Crippen LogP contribution in [-0.4, -0.2) is 58.4 Å². The Bertz CT molecular complexity index is 932. The zero-order valence-corrected chi connectivity index (χ0v) is 17.7. The number of aryl methyl sites for hydroxylation is 1. The number of nitrogens with zero attached hydrogens (tertiary/aromatic N) is 5. The minimum Gasteiger partial charge on any atom is -0.492 e. The monoisotopic (exact) mass is 401 g/mol. The molecule has 7 nitrogen and oxygen atoms in total. The number of ether oxygens (including phenoxy) is 1. The summed E-state index contributed by atoms with van der Waals surface area (Å²) in [6.07, 6.45) is 1.78. The van der Waals surface area contributed by atoms with E-state index >= 15 is 0 Å². The summed E-state index contributed by atoms with van der Waals surface area (Å²) in [4.78, 5) is 22.0. The number of anilines is 1. The molecule has 0 aliphatic heterocycles. The van der Waals surface area contributed by atoms with Gasteiger partial charge >= 0.3 is 0 Å². The number of aromatic nitrogens is 3. The lowest BCUT2D eigenvalue weighted by Gasteiger charge is -2.24. The quantitative estimate of drug-likeness (QED) is 0.550. The Balaban J connectivity index is 1.96. The van der Waals surface area contributed by atoms with Crippen LogP contribution in [0, 0.1) is 0 Å². The predicted molar refractivity (Wildman–Crippen MR) is 113 cm³/mol. The number of thiazole rings is 1. The summed E-state index contributed by atoms with van der Waals surface area (Å²) in [6.45, 7) is 9.99. The molecular weight excluding hydrogens is 374 g/mol. The van der Waals surface area contributed by atoms with Gasteiger partial charge in [-0.05, 0) is 38.2 Å². The molecule has 0 N–H and O–H groups in total. The molecule has 0 saturated heterocycles. The highest BCUT2D eigenvalue weighted by atomic mass is 32.1. The van der Waals surface area contributed by atoms with Crippen LogP contribution in [0.15, 0.2) is 30.5 Å². The number of amides is 1. The van der Waals surface area contributed by atoms with E-state index in [1.807, 2.05) is 32.2 Å². The zero-order chi connectivity index (χ0) is 20.1. The largest absolute Gasteiger partial charge is 0.492 e. The van der Waals surface area contributed by atoms with Gasteiger partial charge in [0.1, 0.15) is 11.3 Å². The Morgan fingerprint density at radius 2 is 1.96 bits per heavy atom. The molecule has 0 radical (unpaired) electrons. The van der Waals surface area contributed by atoms with Crippen molar-refractivity contribution in [3.63, 3.8) is 0 Å². The van der Waals surface area contributed by atoms with Crippen LogP contribution in [0.2, 0.25) is 0 Å². The third-order valence-corrected chi connectivity index (χ3v) is 5.66. The molecule has 0 unspecified atom stereocenters. The Labute approximate surface area is 169 Å². The first-order valence-corrected chi connectivity index (χ1v) is 10.4. The Morgan fingerprint density at radius 1 is 1.18 bits per heavy atom. The van der Waals surface area contributed by atoms with Gasteiger partial charge in [0.05, 0.1) is 11.3 Å². The Kier molecular flexibility index (Phi) is 6.64. The molecule has 0 atom stereocenters. The number of fused-ring (bicyclic) bond motifs is 1. The molecule has 8 heteroatoms. The van der Waals surface area contributed by atoms with E-state index in [1.165, 1.54) is 11.3 Å². The average molecular weight is 402 g/mol. The van der Waals surface area contributed by atoms with Crippen LogP contribution in [0.25, 0.3) is 10.2 Å². The standard InChI is InChI=1S/C20H27N5O2S/c1-5-24(6-2)13-14-25(19(26)15-11-12-23(4)22-15)20-21-18-16(27-7-3)9-8-10-17(18)28-20/h8-12H,5-7,13-14H2,1-4H3. The zero-order valence-electron chi connectivity index (χ0n) is 16.9. The molecule has 0 fully saturated rings. The lowest BCUT2D eigenvalue weighted by atomic mass is 10.3. The Hall–Kier alpha value is -2.45. The molecule has 3 aromatic rings. The van der Waals surface area contributed by atoms with E-state index in [0.29, 0.717) is 24.0 Å². The summed E-state index contributed by atoms with van der Waals surface area (Å²) in [6, 6.07) is 7.62. The molecule has 0 saturated carbocycles. The van der Waals surface area contributed by atoms with E-state index in [-0.39, 0.29) is 5.91 Å². The topological polar surface area (TPSA) is 63.5 Å². The fourth-order valence-corrected chi connectivity index (χ4v) is 4.04. The van der Waals surface area contributed by atoms with Crippen molar-refractivity contribution in [1.82, 2.24) is 19.7 Å². The third kappa shape index (κ3) is 4.34. The maximum atomic E-state index is 13.2. The van der Waals surface area contributed by atoms with Crippen molar-refractivity contribution >= 4 is 32.6 Å². The van der Waals surface area contributed by atoms with Gasteiger partial charge in [-0.1, -0.05) is 31.3 Å². The van der Waals surface area contributed by atoms with Crippen molar-refractivity contribution in [3.05, 3.63) is 36.2 Å². The lowest BCUT2D eigenvalue weighted by Crippen LogP contribution is -2.39. The summed E-state index contributed by atoms with van der Waals surface area (Å²) in [5, 5.41) is 4.96. The average Bonchev–Trinajstić information content (AvgIpc) is 3.32. The minimum absolute atomic E-state index is 0.134. The molecule has 1 aromatic carbocycles. The van der Waals surface area contributed by atoms with Gasteiger partial charge in [-0.2, -0.15) is 5.10 Å². The van der Waals surface area contributed by atoms with E-state index < -0.39 is 0 Å². The molecule has 0 spiro atoms. The van der Waals surface area contributed by atoms with E-state index in [4.69, 9.17) is 9.72 Å². The number of carbonyl (C=O) groups excluding carboxylic acids is 1. The van der Waals surface area contributed by atoms with Crippen molar-refractivity contribution in [1.29, 1.82) is 0 Å². The van der Waals surface area contributed by atoms with Crippen molar-refractivity contribution in [2.75, 3.05) is 37.7 Å². The first-order valence-electron chi connectivity index (χ1n) is 9.63. The van der Waals surface area contributed by atoms with Gasteiger partial charge in [0, 0.05) is 26.3 Å². The van der Waals surface area contributed by atoms with Crippen LogP contribution >= 0.6 is 11.3 Å². The molecule has 0 aliphatic carbocycles. The molecule has 0 bridgehead atoms. The second-order valence-corrected chi connectivity index (χ2v) is 7.40. The first kappa shape index (κ1) is 20.3. The van der Waals surface area contributed by atoms with Gasteiger partial charge in [-0.15, -0.1) is 0 Å². The maximum Gasteiger partial charge on any atom is 0.280 e. The predicted octanol–water partition coefficient (Wildman–Crippen LogP) is 3.42. The molecule has 28 heavy (non-hydrogen) atoms. The van der Waals surface area contributed by atoms with Gasteiger partial charge in [0.25, 0.3) is 5.91 Å². The third-order valence-electron chi connectivity index (χ3n) is 4.61. The smallest absolute Gasteiger partial charge is 0.280 e. The number of rotatable bonds is 9. The van der Waals surface area contributed by atoms with Crippen LogP contribution in [-0.2, 0) is 7.05 Å². The van der Waals surface area contributed by atoms with Crippen molar-refractivity contribution in [2.45, 2.75) is 20.8 Å². The molecule has 150 valence electrons. The van der Waals surface area contributed by atoms with Gasteiger partial charge < -0.3 is 9.64 Å². The van der Waals surface area contributed by atoms with Crippen LogP contribution in [0.3, 0.4) is 0 Å². The number of benzene rings is 1. The SMILES string of the molecule is CCOc1cccc2sc(N(CCN(CC)CC)C(=O)c3ccn(C)n3)nc12. The fraction of sp³-hybridized carbons (Fsp3) is 0.450. The number of hydrogen-bond donors (Lipinski definition) is 0. The Morgan fingerprint density at radius 3 is 2.61 bits per heavy atom. The van der Waals surface area contributed by atoms with E-state index in [9.17, 15) is 4.79 Å². The molecule has 0 aliphatic rings. The highest BCUT2D eigenvalue weighted by molar-refractivity contribution is 7.22. The summed E-state index contributed by atoms with van der Waals surface area (Å²) in [5.41, 5.74) is 1.22. The maximum absolute atomic E-state index is 13.2. The van der Waals surface area contributed by atoms with E-state index in [2.05, 4.69) is 23.8 Å². The van der Waals surface area contributed by atoms with Crippen LogP contribution < -0.4 is 9.64 Å². The summed E-state index contributed by atoms with van der Waals surface area (Å²) < 4.78 is 8.35. The van der Waals surface area contributed by atoms with Crippen LogP contribution in [0.4, 0.5) is 5.13 Å². The van der Waals surface area contributed by atoms with Crippen LogP contribution in [0.1, 0.15) is 31.3 Å². The van der Waals surface area contributed by atoms with Crippen molar-refractivity contribution in [2.24, 2.45) is 7.05 Å². The van der Waals surface area contributed by atoms with Gasteiger partial charge in [-0.25, -0.2) is 4.98 Å². The fourth-order valence-electron chi connectivity index (χ4n) is 3.03. The van der Waals surface area contributed by atoms with Gasteiger partial charge in [0.15, 0.2) is 10.8 Å². The van der Waals surface area contributed by atoms with Gasteiger partial charge in [0.2, 0.25) is 0 Å². The molecule has 2 aromatic heterocycles. The van der Waals surface area contributed by atoms with Crippen LogP contribution in [0.5, 0.6) is 5.75 Å². The second kappa shape index (κ2) is 9.16. The molecule has 3 rings (SSSR count). The highest BCUT2D eigenvalue weighted by Gasteiger charge is 2.24. The highest BCUT2D eigenvalue weighted by Crippen LogP contribution is 2.34. The number of hydrogen-bond acceptors (Lipinski definition) is 6. The van der Waals surface area contributed by atoms with Crippen molar-refractivity contribution < 1.29 is 9.53 Å². The summed E-state index contributed by atoms with van der Waals surface area (Å²) in [7, 11) is 1.81. The molecule has 1 amide bonds. The normalized spacial score (nSPS) is 11.3. The number of para-hydroxylation sites is 1.